The molecular weight excluding hydrogens is 400 g/mol. The standard InChI is InChI=1S/C20H23ClN2O4S/c1-27-18-8-7-16(21)10-19(18)28(25,26)13-14-9-15(12-22-11-14)20(24)23-17-5-3-2-4-6-17/h7-12,17H,2-6,13H2,1H3,(H,23,24). The van der Waals surface area contributed by atoms with Gasteiger partial charge in [-0.2, -0.15) is 0 Å². The van der Waals surface area contributed by atoms with Crippen molar-refractivity contribution in [2.45, 2.75) is 48.8 Å². The average Bonchev–Trinajstić information content (AvgIpc) is 2.68. The summed E-state index contributed by atoms with van der Waals surface area (Å²) in [6, 6.07) is 6.19. The van der Waals surface area contributed by atoms with Gasteiger partial charge in [0.1, 0.15) is 10.6 Å². The number of rotatable bonds is 6. The number of pyridine rings is 1. The van der Waals surface area contributed by atoms with Crippen LogP contribution in [0, 0.1) is 0 Å². The van der Waals surface area contributed by atoms with Crippen LogP contribution in [0.3, 0.4) is 0 Å². The Hall–Kier alpha value is -2.12. The smallest absolute Gasteiger partial charge is 0.253 e. The molecule has 2 aromatic rings. The van der Waals surface area contributed by atoms with Crippen molar-refractivity contribution in [1.82, 2.24) is 10.3 Å². The van der Waals surface area contributed by atoms with Gasteiger partial charge < -0.3 is 10.1 Å². The van der Waals surface area contributed by atoms with Crippen molar-refractivity contribution >= 4 is 27.3 Å². The summed E-state index contributed by atoms with van der Waals surface area (Å²) in [5.41, 5.74) is 0.787. The SMILES string of the molecule is COc1ccc(Cl)cc1S(=O)(=O)Cc1cncc(C(=O)NC2CCCCC2)c1. The molecule has 0 bridgehead atoms. The maximum Gasteiger partial charge on any atom is 0.253 e. The molecule has 6 nitrogen and oxygen atoms in total. The summed E-state index contributed by atoms with van der Waals surface area (Å²) in [7, 11) is -2.33. The van der Waals surface area contributed by atoms with Crippen molar-refractivity contribution < 1.29 is 17.9 Å². The van der Waals surface area contributed by atoms with E-state index in [1.165, 1.54) is 38.1 Å². The number of nitrogens with one attached hydrogen (secondary N) is 1. The number of halogens is 1. The zero-order valence-corrected chi connectivity index (χ0v) is 17.2. The van der Waals surface area contributed by atoms with E-state index in [9.17, 15) is 13.2 Å². The highest BCUT2D eigenvalue weighted by Gasteiger charge is 2.22. The second-order valence-electron chi connectivity index (χ2n) is 6.94. The highest BCUT2D eigenvalue weighted by atomic mass is 35.5. The first-order valence-corrected chi connectivity index (χ1v) is 11.2. The first-order chi connectivity index (χ1) is 13.4. The van der Waals surface area contributed by atoms with Crippen molar-refractivity contribution in [2.75, 3.05) is 7.11 Å². The summed E-state index contributed by atoms with van der Waals surface area (Å²) in [5, 5.41) is 3.32. The second-order valence-corrected chi connectivity index (χ2v) is 9.34. The number of carbonyl (C=O) groups excluding carboxylic acids is 1. The number of carbonyl (C=O) groups is 1. The number of sulfone groups is 1. The minimum atomic E-state index is -3.73. The summed E-state index contributed by atoms with van der Waals surface area (Å²) in [6.07, 6.45) is 8.28. The topological polar surface area (TPSA) is 85.4 Å². The van der Waals surface area contributed by atoms with Crippen molar-refractivity contribution in [3.05, 3.63) is 52.8 Å². The molecule has 3 rings (SSSR count). The Labute approximate surface area is 170 Å². The van der Waals surface area contributed by atoms with E-state index in [0.29, 0.717) is 16.1 Å². The maximum absolute atomic E-state index is 12.9. The average molecular weight is 423 g/mol. The van der Waals surface area contributed by atoms with E-state index in [-0.39, 0.29) is 28.3 Å². The molecule has 150 valence electrons. The third kappa shape index (κ3) is 5.02. The molecule has 1 saturated carbocycles. The van der Waals surface area contributed by atoms with Crippen LogP contribution in [0.1, 0.15) is 48.0 Å². The number of amides is 1. The molecule has 28 heavy (non-hydrogen) atoms. The normalized spacial score (nSPS) is 15.2. The Bertz CT molecular complexity index is 956. The number of nitrogens with zero attached hydrogens (tertiary/aromatic N) is 1. The quantitative estimate of drug-likeness (QED) is 0.765. The van der Waals surface area contributed by atoms with E-state index in [2.05, 4.69) is 10.3 Å². The molecule has 1 amide bonds. The van der Waals surface area contributed by atoms with Crippen LogP contribution in [0.2, 0.25) is 5.02 Å². The number of hydrogen-bond acceptors (Lipinski definition) is 5. The van der Waals surface area contributed by atoms with Crippen LogP contribution in [-0.2, 0) is 15.6 Å². The molecule has 1 aliphatic rings. The fraction of sp³-hybridized carbons (Fsp3) is 0.400. The largest absolute Gasteiger partial charge is 0.495 e. The van der Waals surface area contributed by atoms with Gasteiger partial charge in [-0.15, -0.1) is 0 Å². The highest BCUT2D eigenvalue weighted by molar-refractivity contribution is 7.90. The fourth-order valence-electron chi connectivity index (χ4n) is 3.40. The van der Waals surface area contributed by atoms with Crippen LogP contribution in [0.15, 0.2) is 41.6 Å². The third-order valence-corrected chi connectivity index (χ3v) is 6.75. The lowest BCUT2D eigenvalue weighted by Crippen LogP contribution is -2.36. The van der Waals surface area contributed by atoms with Crippen LogP contribution in [-0.4, -0.2) is 32.5 Å². The lowest BCUT2D eigenvalue weighted by atomic mass is 9.95. The molecule has 0 unspecified atom stereocenters. The molecule has 1 aromatic heterocycles. The van der Waals surface area contributed by atoms with Gasteiger partial charge in [0.05, 0.1) is 18.4 Å². The van der Waals surface area contributed by atoms with E-state index in [1.807, 2.05) is 0 Å². The third-order valence-electron chi connectivity index (χ3n) is 4.81. The van der Waals surface area contributed by atoms with Crippen LogP contribution < -0.4 is 10.1 Å². The summed E-state index contributed by atoms with van der Waals surface area (Å²) in [5.74, 6) is -0.302. The number of aromatic nitrogens is 1. The zero-order valence-electron chi connectivity index (χ0n) is 15.7. The molecule has 1 N–H and O–H groups in total. The predicted molar refractivity (Wildman–Crippen MR) is 107 cm³/mol. The Morgan fingerprint density at radius 2 is 1.96 bits per heavy atom. The minimum Gasteiger partial charge on any atom is -0.495 e. The number of methoxy groups -OCH3 is 1. The molecule has 1 fully saturated rings. The molecule has 0 radical (unpaired) electrons. The molecule has 0 atom stereocenters. The van der Waals surface area contributed by atoms with Gasteiger partial charge in [0, 0.05) is 23.5 Å². The summed E-state index contributed by atoms with van der Waals surface area (Å²) < 4.78 is 30.9. The molecule has 8 heteroatoms. The number of hydrogen-bond donors (Lipinski definition) is 1. The van der Waals surface area contributed by atoms with E-state index in [1.54, 1.807) is 12.1 Å². The van der Waals surface area contributed by atoms with Gasteiger partial charge in [0.25, 0.3) is 5.91 Å². The Morgan fingerprint density at radius 1 is 1.21 bits per heavy atom. The number of benzene rings is 1. The maximum atomic E-state index is 12.9. The van der Waals surface area contributed by atoms with Crippen molar-refractivity contribution in [3.63, 3.8) is 0 Å². The van der Waals surface area contributed by atoms with Crippen LogP contribution in [0.4, 0.5) is 0 Å². The van der Waals surface area contributed by atoms with Gasteiger partial charge in [-0.1, -0.05) is 30.9 Å². The Balaban J connectivity index is 1.78. The fourth-order valence-corrected chi connectivity index (χ4v) is 5.15. The lowest BCUT2D eigenvalue weighted by molar-refractivity contribution is 0.0927. The van der Waals surface area contributed by atoms with Gasteiger partial charge in [-0.3, -0.25) is 9.78 Å². The molecule has 0 saturated heterocycles. The molecule has 1 aliphatic carbocycles. The summed E-state index contributed by atoms with van der Waals surface area (Å²) in [4.78, 5) is 16.6. The summed E-state index contributed by atoms with van der Waals surface area (Å²) >= 11 is 5.96. The van der Waals surface area contributed by atoms with Gasteiger partial charge in [0.15, 0.2) is 9.84 Å². The first-order valence-electron chi connectivity index (χ1n) is 9.20. The molecule has 1 aromatic carbocycles. The Kier molecular flexibility index (Phi) is 6.57. The van der Waals surface area contributed by atoms with Gasteiger partial charge in [-0.05, 0) is 42.7 Å². The lowest BCUT2D eigenvalue weighted by Gasteiger charge is -2.22. The number of ether oxygens (including phenoxy) is 1. The van der Waals surface area contributed by atoms with E-state index < -0.39 is 9.84 Å². The first kappa shape index (κ1) is 20.6. The molecule has 0 spiro atoms. The molecule has 0 aliphatic heterocycles. The van der Waals surface area contributed by atoms with Crippen molar-refractivity contribution in [2.24, 2.45) is 0 Å². The monoisotopic (exact) mass is 422 g/mol. The minimum absolute atomic E-state index is 0.0135. The molecular formula is C20H23ClN2O4S. The van der Waals surface area contributed by atoms with Gasteiger partial charge in [0.2, 0.25) is 0 Å². The van der Waals surface area contributed by atoms with Crippen LogP contribution in [0.5, 0.6) is 5.75 Å². The van der Waals surface area contributed by atoms with Gasteiger partial charge >= 0.3 is 0 Å². The van der Waals surface area contributed by atoms with Crippen LogP contribution in [0.25, 0.3) is 0 Å². The van der Waals surface area contributed by atoms with E-state index >= 15 is 0 Å². The highest BCUT2D eigenvalue weighted by Crippen LogP contribution is 2.29. The van der Waals surface area contributed by atoms with E-state index in [0.717, 1.165) is 25.7 Å². The van der Waals surface area contributed by atoms with Gasteiger partial charge in [-0.25, -0.2) is 8.42 Å². The van der Waals surface area contributed by atoms with Crippen LogP contribution >= 0.6 is 11.6 Å². The van der Waals surface area contributed by atoms with Crippen molar-refractivity contribution in [1.29, 1.82) is 0 Å². The van der Waals surface area contributed by atoms with Crippen molar-refractivity contribution in [3.8, 4) is 5.75 Å². The predicted octanol–water partition coefficient (Wildman–Crippen LogP) is 3.78. The Morgan fingerprint density at radius 3 is 2.68 bits per heavy atom. The zero-order chi connectivity index (χ0) is 20.1. The van der Waals surface area contributed by atoms with E-state index in [4.69, 9.17) is 16.3 Å². The second kappa shape index (κ2) is 8.92. The summed E-state index contributed by atoms with van der Waals surface area (Å²) in [6.45, 7) is 0. The molecule has 1 heterocycles.